The number of carbonyl (C=O) groups excluding carboxylic acids is 2. The van der Waals surface area contributed by atoms with Crippen LogP contribution in [0.25, 0.3) is 0 Å². The minimum Gasteiger partial charge on any atom is -0.463 e. The number of carbonyl (C=O) groups is 2. The molecular formula is C24H36O4. The van der Waals surface area contributed by atoms with Gasteiger partial charge in [-0.05, 0) is 85.9 Å². The van der Waals surface area contributed by atoms with Gasteiger partial charge < -0.3 is 9.47 Å². The van der Waals surface area contributed by atoms with Crippen LogP contribution in [0, 0.1) is 46.3 Å². The molecule has 1 aliphatic heterocycles. The summed E-state index contributed by atoms with van der Waals surface area (Å²) in [6, 6.07) is 0. The molecule has 0 unspecified atom stereocenters. The van der Waals surface area contributed by atoms with Crippen molar-refractivity contribution in [3.8, 4) is 0 Å². The Hall–Kier alpha value is -1.06. The average molecular weight is 389 g/mol. The summed E-state index contributed by atoms with van der Waals surface area (Å²) in [4.78, 5) is 23.6. The highest BCUT2D eigenvalue weighted by atomic mass is 16.6. The SMILES string of the molecule is CC(=O)O[C@H]1CC[C@@]2(C)[C@H](CC[C@@H]3[C@@H]2CC[C@]2(C)[C@@H]4[C@H](C[C@@H]32)OC(=O)[C@H]4C)C1. The van der Waals surface area contributed by atoms with Gasteiger partial charge in [-0.15, -0.1) is 0 Å². The van der Waals surface area contributed by atoms with Gasteiger partial charge in [0.05, 0.1) is 5.92 Å². The van der Waals surface area contributed by atoms with E-state index in [0.717, 1.165) is 31.1 Å². The summed E-state index contributed by atoms with van der Waals surface area (Å²) >= 11 is 0. The van der Waals surface area contributed by atoms with Crippen LogP contribution in [0.5, 0.6) is 0 Å². The molecule has 28 heavy (non-hydrogen) atoms. The van der Waals surface area contributed by atoms with Crippen molar-refractivity contribution in [3.05, 3.63) is 0 Å². The topological polar surface area (TPSA) is 52.6 Å². The lowest BCUT2D eigenvalue weighted by Gasteiger charge is -2.61. The Kier molecular flexibility index (Phi) is 4.21. The van der Waals surface area contributed by atoms with Crippen molar-refractivity contribution >= 4 is 11.9 Å². The lowest BCUT2D eigenvalue weighted by molar-refractivity contribution is -0.160. The molecule has 5 aliphatic rings. The van der Waals surface area contributed by atoms with Gasteiger partial charge in [-0.25, -0.2) is 0 Å². The zero-order valence-corrected chi connectivity index (χ0v) is 17.9. The fourth-order valence-corrected chi connectivity index (χ4v) is 9.01. The zero-order chi connectivity index (χ0) is 19.8. The van der Waals surface area contributed by atoms with E-state index in [1.807, 2.05) is 0 Å². The van der Waals surface area contributed by atoms with Crippen molar-refractivity contribution in [1.29, 1.82) is 0 Å². The van der Waals surface area contributed by atoms with Gasteiger partial charge in [0, 0.05) is 12.8 Å². The summed E-state index contributed by atoms with van der Waals surface area (Å²) in [5.74, 6) is 3.37. The number of esters is 2. The molecule has 0 aromatic heterocycles. The van der Waals surface area contributed by atoms with Crippen LogP contribution < -0.4 is 0 Å². The van der Waals surface area contributed by atoms with Crippen LogP contribution in [0.1, 0.15) is 79.1 Å². The summed E-state index contributed by atoms with van der Waals surface area (Å²) in [6.07, 6.45) is 9.79. The van der Waals surface area contributed by atoms with Crippen molar-refractivity contribution in [2.45, 2.75) is 91.3 Å². The van der Waals surface area contributed by atoms with E-state index in [1.54, 1.807) is 0 Å². The van der Waals surface area contributed by atoms with Gasteiger partial charge in [-0.2, -0.15) is 0 Å². The maximum atomic E-state index is 12.2. The Morgan fingerprint density at radius 2 is 1.79 bits per heavy atom. The van der Waals surface area contributed by atoms with E-state index in [1.165, 1.54) is 39.0 Å². The van der Waals surface area contributed by atoms with E-state index in [-0.39, 0.29) is 35.5 Å². The first kappa shape index (κ1) is 18.9. The van der Waals surface area contributed by atoms with Gasteiger partial charge in [0.1, 0.15) is 12.2 Å². The molecule has 0 spiro atoms. The highest BCUT2D eigenvalue weighted by Crippen LogP contribution is 2.69. The second-order valence-electron chi connectivity index (χ2n) is 11.2. The molecular weight excluding hydrogens is 352 g/mol. The molecule has 0 bridgehead atoms. The van der Waals surface area contributed by atoms with Crippen molar-refractivity contribution in [2.24, 2.45) is 46.3 Å². The van der Waals surface area contributed by atoms with Gasteiger partial charge in [-0.3, -0.25) is 9.59 Å². The summed E-state index contributed by atoms with van der Waals surface area (Å²) < 4.78 is 11.4. The summed E-state index contributed by atoms with van der Waals surface area (Å²) in [5, 5.41) is 0. The summed E-state index contributed by atoms with van der Waals surface area (Å²) in [7, 11) is 0. The van der Waals surface area contributed by atoms with Crippen LogP contribution in [-0.2, 0) is 19.1 Å². The molecule has 4 heteroatoms. The van der Waals surface area contributed by atoms with E-state index >= 15 is 0 Å². The fourth-order valence-electron chi connectivity index (χ4n) is 9.01. The van der Waals surface area contributed by atoms with Gasteiger partial charge in [0.2, 0.25) is 0 Å². The second-order valence-corrected chi connectivity index (χ2v) is 11.2. The molecule has 0 aromatic rings. The molecule has 0 radical (unpaired) electrons. The molecule has 156 valence electrons. The maximum absolute atomic E-state index is 12.2. The quantitative estimate of drug-likeness (QED) is 0.608. The molecule has 10 atom stereocenters. The van der Waals surface area contributed by atoms with E-state index in [4.69, 9.17) is 9.47 Å². The number of rotatable bonds is 1. The van der Waals surface area contributed by atoms with Gasteiger partial charge in [-0.1, -0.05) is 20.8 Å². The lowest BCUT2D eigenvalue weighted by atomic mass is 9.44. The Morgan fingerprint density at radius 1 is 1.04 bits per heavy atom. The van der Waals surface area contributed by atoms with E-state index in [2.05, 4.69) is 20.8 Å². The number of fused-ring (bicyclic) bond motifs is 7. The molecule has 0 N–H and O–H groups in total. The lowest BCUT2D eigenvalue weighted by Crippen LogP contribution is -2.54. The fraction of sp³-hybridized carbons (Fsp3) is 0.917. The first-order chi connectivity index (χ1) is 13.2. The van der Waals surface area contributed by atoms with Crippen molar-refractivity contribution in [2.75, 3.05) is 0 Å². The number of ether oxygens (including phenoxy) is 2. The summed E-state index contributed by atoms with van der Waals surface area (Å²) in [5.41, 5.74) is 0.663. The van der Waals surface area contributed by atoms with E-state index in [9.17, 15) is 9.59 Å². The molecule has 5 rings (SSSR count). The standard InChI is InChI=1S/C24H36O4/c1-13-21-20(28-22(13)26)12-19-17-6-5-15-11-16(27-14(2)25)7-9-23(15,3)18(17)8-10-24(19,21)4/h13,15-21H,5-12H2,1-4H3/t13-,15+,16-,17+,18-,19-,20-,21-,23-,24-/m0/s1. The van der Waals surface area contributed by atoms with Gasteiger partial charge in [0.15, 0.2) is 0 Å². The van der Waals surface area contributed by atoms with Crippen LogP contribution >= 0.6 is 0 Å². The zero-order valence-electron chi connectivity index (χ0n) is 17.9. The molecule has 0 aromatic carbocycles. The average Bonchev–Trinajstić information content (AvgIpc) is 3.08. The van der Waals surface area contributed by atoms with Crippen molar-refractivity contribution < 1.29 is 19.1 Å². The van der Waals surface area contributed by atoms with Gasteiger partial charge in [0.25, 0.3) is 0 Å². The normalized spacial score (nSPS) is 54.8. The van der Waals surface area contributed by atoms with Crippen LogP contribution in [-0.4, -0.2) is 24.1 Å². The third kappa shape index (κ3) is 2.48. The molecule has 4 aliphatic carbocycles. The highest BCUT2D eigenvalue weighted by Gasteiger charge is 2.66. The largest absolute Gasteiger partial charge is 0.463 e. The molecule has 0 amide bonds. The molecule has 1 saturated heterocycles. The Morgan fingerprint density at radius 3 is 2.54 bits per heavy atom. The van der Waals surface area contributed by atoms with Crippen molar-refractivity contribution in [3.63, 3.8) is 0 Å². The second kappa shape index (κ2) is 6.22. The minimum absolute atomic E-state index is 0.0382. The van der Waals surface area contributed by atoms with Crippen LogP contribution in [0.3, 0.4) is 0 Å². The maximum Gasteiger partial charge on any atom is 0.309 e. The number of hydrogen-bond acceptors (Lipinski definition) is 4. The Balaban J connectivity index is 1.37. The van der Waals surface area contributed by atoms with Crippen LogP contribution in [0.2, 0.25) is 0 Å². The molecule has 1 heterocycles. The van der Waals surface area contributed by atoms with E-state index in [0.29, 0.717) is 23.2 Å². The third-order valence-electron chi connectivity index (χ3n) is 10.2. The monoisotopic (exact) mass is 388 g/mol. The molecule has 4 saturated carbocycles. The highest BCUT2D eigenvalue weighted by molar-refractivity contribution is 5.75. The first-order valence-corrected chi connectivity index (χ1v) is 11.6. The van der Waals surface area contributed by atoms with Gasteiger partial charge >= 0.3 is 11.9 Å². The Labute approximate surface area is 169 Å². The third-order valence-corrected chi connectivity index (χ3v) is 10.2. The van der Waals surface area contributed by atoms with Crippen molar-refractivity contribution in [1.82, 2.24) is 0 Å². The molecule has 4 nitrogen and oxygen atoms in total. The first-order valence-electron chi connectivity index (χ1n) is 11.6. The number of hydrogen-bond donors (Lipinski definition) is 0. The predicted octanol–water partition coefficient (Wildman–Crippen LogP) is 4.75. The minimum atomic E-state index is -0.128. The van der Waals surface area contributed by atoms with Crippen LogP contribution in [0.15, 0.2) is 0 Å². The molecule has 5 fully saturated rings. The Bertz CT molecular complexity index is 688. The summed E-state index contributed by atoms with van der Waals surface area (Å²) in [6.45, 7) is 8.65. The van der Waals surface area contributed by atoms with E-state index < -0.39 is 0 Å². The predicted molar refractivity (Wildman–Crippen MR) is 105 cm³/mol. The van der Waals surface area contributed by atoms with Crippen LogP contribution in [0.4, 0.5) is 0 Å². The smallest absolute Gasteiger partial charge is 0.309 e.